The quantitative estimate of drug-likeness (QED) is 0.132. The van der Waals surface area contributed by atoms with Crippen LogP contribution in [0.1, 0.15) is 38.5 Å². The predicted octanol–water partition coefficient (Wildman–Crippen LogP) is 3.19. The number of para-hydroxylation sites is 1. The van der Waals surface area contributed by atoms with Gasteiger partial charge in [0, 0.05) is 23.1 Å². The van der Waals surface area contributed by atoms with E-state index in [0.717, 1.165) is 0 Å². The van der Waals surface area contributed by atoms with Crippen LogP contribution < -0.4 is 20.9 Å². The van der Waals surface area contributed by atoms with Gasteiger partial charge in [-0.05, 0) is 36.9 Å². The first kappa shape index (κ1) is 29.2. The summed E-state index contributed by atoms with van der Waals surface area (Å²) in [4.78, 5) is 41.5. The zero-order valence-electron chi connectivity index (χ0n) is 21.5. The maximum absolute atomic E-state index is 13.9. The summed E-state index contributed by atoms with van der Waals surface area (Å²) in [7, 11) is -2.99. The standard InChI is InChI=1S/C23H31N6O8P/c1-14(2)10-18(22(31)34-4)27-38(33,37-16-8-6-5-7-9-16)35-13-19-17(26-28-24)11-20(36-19)29-12-15(3)21(30)25-23(29)32/h5-9,12,14,17-20H,10-11,13H2,1-4H3,(H,27,33)(H,25,30,32)/t17-,18-,19+,20+,38?/m0/s1. The topological polar surface area (TPSA) is 187 Å². The Kier molecular flexibility index (Phi) is 9.90. The smallest absolute Gasteiger partial charge is 0.459 e. The lowest BCUT2D eigenvalue weighted by atomic mass is 10.1. The Morgan fingerprint density at radius 2 is 2.05 bits per heavy atom. The van der Waals surface area contributed by atoms with Gasteiger partial charge in [-0.3, -0.25) is 23.7 Å². The minimum atomic E-state index is -4.22. The molecule has 1 aromatic heterocycles. The van der Waals surface area contributed by atoms with Crippen molar-refractivity contribution in [1.29, 1.82) is 0 Å². The fourth-order valence-electron chi connectivity index (χ4n) is 3.91. The van der Waals surface area contributed by atoms with Gasteiger partial charge in [0.25, 0.3) is 5.56 Å². The number of carbonyl (C=O) groups is 1. The number of aromatic nitrogens is 2. The van der Waals surface area contributed by atoms with Crippen LogP contribution in [0, 0.1) is 12.8 Å². The normalized spacial score (nSPS) is 21.3. The van der Waals surface area contributed by atoms with Gasteiger partial charge in [-0.25, -0.2) is 9.36 Å². The summed E-state index contributed by atoms with van der Waals surface area (Å²) in [6, 6.07) is 6.46. The number of nitrogens with one attached hydrogen (secondary N) is 2. The molecule has 2 heterocycles. The lowest BCUT2D eigenvalue weighted by Crippen LogP contribution is -2.39. The average Bonchev–Trinajstić information content (AvgIpc) is 3.27. The molecule has 0 aliphatic carbocycles. The fourth-order valence-corrected chi connectivity index (χ4v) is 5.43. The molecule has 1 aromatic carbocycles. The number of hydrogen-bond donors (Lipinski definition) is 2. The molecule has 0 saturated carbocycles. The lowest BCUT2D eigenvalue weighted by Gasteiger charge is -2.26. The number of ether oxygens (including phenoxy) is 2. The van der Waals surface area contributed by atoms with E-state index in [4.69, 9.17) is 24.1 Å². The monoisotopic (exact) mass is 550 g/mol. The highest BCUT2D eigenvalue weighted by Crippen LogP contribution is 2.46. The van der Waals surface area contributed by atoms with Gasteiger partial charge in [-0.15, -0.1) is 0 Å². The first-order valence-corrected chi connectivity index (χ1v) is 13.5. The van der Waals surface area contributed by atoms with Gasteiger partial charge in [-0.2, -0.15) is 5.09 Å². The van der Waals surface area contributed by atoms with Gasteiger partial charge < -0.3 is 14.0 Å². The summed E-state index contributed by atoms with van der Waals surface area (Å²) in [5.74, 6) is -0.371. The van der Waals surface area contributed by atoms with E-state index in [9.17, 15) is 18.9 Å². The summed E-state index contributed by atoms with van der Waals surface area (Å²) in [6.45, 7) is 4.94. The molecule has 3 rings (SSSR count). The van der Waals surface area contributed by atoms with Crippen LogP contribution in [0.5, 0.6) is 5.75 Å². The molecular formula is C23H31N6O8P. The van der Waals surface area contributed by atoms with Gasteiger partial charge in [0.05, 0.1) is 25.9 Å². The zero-order chi connectivity index (χ0) is 27.9. The van der Waals surface area contributed by atoms with Crippen molar-refractivity contribution in [2.75, 3.05) is 13.7 Å². The number of nitrogens with zero attached hydrogens (tertiary/aromatic N) is 4. The molecule has 2 N–H and O–H groups in total. The Labute approximate surface area is 218 Å². The SMILES string of the molecule is COC(=O)[C@H](CC(C)C)NP(=O)(OC[C@H]1O[C@@H](n2cc(C)c(=O)[nH]c2=O)C[C@@H]1N=[N+]=[N-])Oc1ccccc1. The summed E-state index contributed by atoms with van der Waals surface area (Å²) < 4.78 is 37.3. The van der Waals surface area contributed by atoms with E-state index in [1.54, 1.807) is 30.3 Å². The van der Waals surface area contributed by atoms with Crippen LogP contribution in [0.4, 0.5) is 0 Å². The Bertz CT molecular complexity index is 1320. The molecule has 1 saturated heterocycles. The molecule has 0 bridgehead atoms. The summed E-state index contributed by atoms with van der Waals surface area (Å²) in [6.07, 6.45) is -0.0749. The minimum absolute atomic E-state index is 0.0455. The number of azide groups is 1. The van der Waals surface area contributed by atoms with Crippen LogP contribution in [0.15, 0.2) is 51.2 Å². The van der Waals surface area contributed by atoms with Crippen molar-refractivity contribution in [2.45, 2.75) is 58.0 Å². The molecule has 38 heavy (non-hydrogen) atoms. The van der Waals surface area contributed by atoms with Crippen LogP contribution in [0.25, 0.3) is 10.4 Å². The van der Waals surface area contributed by atoms with Gasteiger partial charge in [-0.1, -0.05) is 37.2 Å². The predicted molar refractivity (Wildman–Crippen MR) is 137 cm³/mol. The second-order valence-electron chi connectivity index (χ2n) is 9.15. The highest BCUT2D eigenvalue weighted by molar-refractivity contribution is 7.52. The third-order valence-corrected chi connectivity index (χ3v) is 7.31. The van der Waals surface area contributed by atoms with Gasteiger partial charge in [0.1, 0.15) is 18.0 Å². The zero-order valence-corrected chi connectivity index (χ0v) is 22.4. The van der Waals surface area contributed by atoms with Gasteiger partial charge in [0.2, 0.25) is 0 Å². The first-order valence-electron chi connectivity index (χ1n) is 11.9. The maximum Gasteiger partial charge on any atom is 0.459 e. The van der Waals surface area contributed by atoms with E-state index in [1.165, 1.54) is 24.8 Å². The molecule has 206 valence electrons. The van der Waals surface area contributed by atoms with Crippen molar-refractivity contribution < 1.29 is 27.9 Å². The van der Waals surface area contributed by atoms with Crippen molar-refractivity contribution in [3.63, 3.8) is 0 Å². The molecule has 1 aliphatic rings. The number of hydrogen-bond acceptors (Lipinski definition) is 9. The minimum Gasteiger partial charge on any atom is -0.468 e. The lowest BCUT2D eigenvalue weighted by molar-refractivity contribution is -0.143. The molecule has 2 aromatic rings. The van der Waals surface area contributed by atoms with Crippen molar-refractivity contribution in [1.82, 2.24) is 14.6 Å². The maximum atomic E-state index is 13.9. The molecule has 14 nitrogen and oxygen atoms in total. The second-order valence-corrected chi connectivity index (χ2v) is 10.8. The highest BCUT2D eigenvalue weighted by atomic mass is 31.2. The summed E-state index contributed by atoms with van der Waals surface area (Å²) >= 11 is 0. The van der Waals surface area contributed by atoms with E-state index in [0.29, 0.717) is 0 Å². The summed E-state index contributed by atoms with van der Waals surface area (Å²) in [5.41, 5.74) is 8.12. The van der Waals surface area contributed by atoms with Gasteiger partial charge >= 0.3 is 19.4 Å². The Balaban J connectivity index is 1.85. The Morgan fingerprint density at radius 3 is 2.68 bits per heavy atom. The second kappa shape index (κ2) is 12.9. The molecule has 15 heteroatoms. The first-order chi connectivity index (χ1) is 18.0. The van der Waals surface area contributed by atoms with E-state index in [2.05, 4.69) is 20.1 Å². The molecule has 0 amide bonds. The molecule has 1 aliphatic heterocycles. The number of aromatic amines is 1. The van der Waals surface area contributed by atoms with Crippen molar-refractivity contribution in [2.24, 2.45) is 11.0 Å². The molecular weight excluding hydrogens is 519 g/mol. The number of benzene rings is 1. The van der Waals surface area contributed by atoms with E-state index >= 15 is 0 Å². The largest absolute Gasteiger partial charge is 0.468 e. The molecule has 0 radical (unpaired) electrons. The Morgan fingerprint density at radius 1 is 1.34 bits per heavy atom. The van der Waals surface area contributed by atoms with Crippen LogP contribution in [-0.2, 0) is 23.4 Å². The van der Waals surface area contributed by atoms with Crippen LogP contribution in [0.2, 0.25) is 0 Å². The fraction of sp³-hybridized carbons (Fsp3) is 0.522. The third-order valence-electron chi connectivity index (χ3n) is 5.74. The van der Waals surface area contributed by atoms with Crippen molar-refractivity contribution >= 4 is 13.7 Å². The molecule has 1 unspecified atom stereocenters. The van der Waals surface area contributed by atoms with Gasteiger partial charge in [0.15, 0.2) is 0 Å². The highest BCUT2D eigenvalue weighted by Gasteiger charge is 2.40. The van der Waals surface area contributed by atoms with Crippen LogP contribution in [-0.4, -0.2) is 47.4 Å². The average molecular weight is 551 g/mol. The number of rotatable bonds is 12. The Hall–Kier alpha value is -3.41. The van der Waals surface area contributed by atoms with Crippen LogP contribution >= 0.6 is 7.75 Å². The van der Waals surface area contributed by atoms with Crippen LogP contribution in [0.3, 0.4) is 0 Å². The van der Waals surface area contributed by atoms with Crippen molar-refractivity contribution in [3.05, 3.63) is 73.4 Å². The summed E-state index contributed by atoms with van der Waals surface area (Å²) in [5, 5.41) is 6.42. The van der Waals surface area contributed by atoms with E-state index < -0.39 is 49.4 Å². The third kappa shape index (κ3) is 7.56. The number of methoxy groups -OCH3 is 1. The molecule has 1 fully saturated rings. The number of aryl methyl sites for hydroxylation is 1. The number of H-pyrrole nitrogens is 1. The molecule has 5 atom stereocenters. The number of esters is 1. The molecule has 0 spiro atoms. The van der Waals surface area contributed by atoms with Crippen molar-refractivity contribution in [3.8, 4) is 5.75 Å². The van der Waals surface area contributed by atoms with E-state index in [1.807, 2.05) is 13.8 Å². The van der Waals surface area contributed by atoms with E-state index in [-0.39, 0.29) is 36.7 Å². The number of carbonyl (C=O) groups excluding carboxylic acids is 1.